The summed E-state index contributed by atoms with van der Waals surface area (Å²) >= 11 is 0. The van der Waals surface area contributed by atoms with Crippen LogP contribution in [-0.2, 0) is 19.1 Å². The fourth-order valence-corrected chi connectivity index (χ4v) is 0.434. The number of ether oxygens (including phenoxy) is 1. The normalized spacial score (nSPS) is 7.88. The van der Waals surface area contributed by atoms with Crippen LogP contribution in [0.25, 0.3) is 0 Å². The molecule has 0 rings (SSSR count). The number of rotatable bonds is 5. The van der Waals surface area contributed by atoms with Gasteiger partial charge in [0.15, 0.2) is 0 Å². The van der Waals surface area contributed by atoms with Gasteiger partial charge in [-0.2, -0.15) is 0 Å². The zero-order valence-electron chi connectivity index (χ0n) is 9.43. The van der Waals surface area contributed by atoms with Crippen LogP contribution < -0.4 is 0 Å². The summed E-state index contributed by atoms with van der Waals surface area (Å²) in [6.07, 6.45) is 3.14. The molecule has 0 aromatic rings. The highest BCUT2D eigenvalue weighted by atomic mass is 16.5. The fourth-order valence-electron chi connectivity index (χ4n) is 0.434. The predicted molar refractivity (Wildman–Crippen MR) is 58.9 cm³/mol. The molecule has 1 N–H and O–H groups in total. The maximum absolute atomic E-state index is 10.3. The Morgan fingerprint density at radius 1 is 1.38 bits per heavy atom. The molecule has 0 atom stereocenters. The highest BCUT2D eigenvalue weighted by molar-refractivity contribution is 5.81. The van der Waals surface area contributed by atoms with Crippen molar-refractivity contribution in [3.8, 4) is 0 Å². The van der Waals surface area contributed by atoms with Gasteiger partial charge in [-0.05, 0) is 19.9 Å². The Morgan fingerprint density at radius 3 is 2.19 bits per heavy atom. The van der Waals surface area contributed by atoms with Crippen LogP contribution in [-0.4, -0.2) is 29.9 Å². The molecule has 0 aliphatic rings. The van der Waals surface area contributed by atoms with Crippen molar-refractivity contribution in [3.63, 3.8) is 0 Å². The summed E-state index contributed by atoms with van der Waals surface area (Å²) in [5.41, 5.74) is 1.05. The molecule has 0 saturated carbocycles. The van der Waals surface area contributed by atoms with Crippen molar-refractivity contribution in [2.75, 3.05) is 6.61 Å². The number of carbonyl (C=O) groups is 3. The lowest BCUT2D eigenvalue weighted by molar-refractivity contribution is -0.142. The van der Waals surface area contributed by atoms with E-state index in [0.717, 1.165) is 17.9 Å². The van der Waals surface area contributed by atoms with Crippen molar-refractivity contribution >= 4 is 18.2 Å². The van der Waals surface area contributed by atoms with E-state index in [-0.39, 0.29) is 13.0 Å². The fraction of sp³-hybridized carbons (Fsp3) is 0.364. The van der Waals surface area contributed by atoms with Crippen LogP contribution in [0.3, 0.4) is 0 Å². The maximum atomic E-state index is 10.3. The molecule has 0 saturated heterocycles. The third-order valence-electron chi connectivity index (χ3n) is 1.13. The van der Waals surface area contributed by atoms with E-state index in [1.165, 1.54) is 6.08 Å². The second-order valence-electron chi connectivity index (χ2n) is 2.90. The number of esters is 1. The van der Waals surface area contributed by atoms with Crippen molar-refractivity contribution < 1.29 is 24.2 Å². The lowest BCUT2D eigenvalue weighted by atomic mass is 10.3. The van der Waals surface area contributed by atoms with Gasteiger partial charge in [0.25, 0.3) is 0 Å². The van der Waals surface area contributed by atoms with Crippen molar-refractivity contribution in [2.45, 2.75) is 20.3 Å². The molecule has 0 aliphatic heterocycles. The van der Waals surface area contributed by atoms with Gasteiger partial charge in [0.1, 0.15) is 12.9 Å². The molecule has 16 heavy (non-hydrogen) atoms. The van der Waals surface area contributed by atoms with Crippen molar-refractivity contribution in [1.29, 1.82) is 0 Å². The molecule has 0 aromatic heterocycles. The lowest BCUT2D eigenvalue weighted by Gasteiger charge is -1.96. The van der Waals surface area contributed by atoms with Gasteiger partial charge in [0.05, 0.1) is 6.42 Å². The van der Waals surface area contributed by atoms with Crippen LogP contribution in [0, 0.1) is 0 Å². The number of carbonyl (C=O) groups excluding carboxylic acids is 2. The van der Waals surface area contributed by atoms with E-state index in [1.807, 2.05) is 13.8 Å². The zero-order chi connectivity index (χ0) is 13.0. The van der Waals surface area contributed by atoms with Crippen LogP contribution >= 0.6 is 0 Å². The molecule has 0 spiro atoms. The van der Waals surface area contributed by atoms with Crippen LogP contribution in [0.1, 0.15) is 20.3 Å². The summed E-state index contributed by atoms with van der Waals surface area (Å²) in [7, 11) is 0. The van der Waals surface area contributed by atoms with Gasteiger partial charge >= 0.3 is 11.9 Å². The van der Waals surface area contributed by atoms with Gasteiger partial charge in [-0.3, -0.25) is 9.59 Å². The number of hydrogen-bond donors (Lipinski definition) is 1. The van der Waals surface area contributed by atoms with Crippen LogP contribution in [0.4, 0.5) is 0 Å². The third-order valence-corrected chi connectivity index (χ3v) is 1.13. The number of aldehydes is 1. The van der Waals surface area contributed by atoms with Gasteiger partial charge in [0.2, 0.25) is 0 Å². The third kappa shape index (κ3) is 18.0. The Hall–Kier alpha value is -1.91. The van der Waals surface area contributed by atoms with E-state index < -0.39 is 11.9 Å². The van der Waals surface area contributed by atoms with Crippen LogP contribution in [0.15, 0.2) is 24.3 Å². The topological polar surface area (TPSA) is 80.7 Å². The Bertz CT molecular complexity index is 274. The Kier molecular flexibility index (Phi) is 11.5. The second-order valence-corrected chi connectivity index (χ2v) is 2.90. The first-order valence-corrected chi connectivity index (χ1v) is 4.53. The van der Waals surface area contributed by atoms with Gasteiger partial charge < -0.3 is 9.84 Å². The summed E-state index contributed by atoms with van der Waals surface area (Å²) < 4.78 is 4.36. The Balaban J connectivity index is 0. The number of carboxylic acid groups (broad SMARTS) is 1. The monoisotopic (exact) mass is 228 g/mol. The van der Waals surface area contributed by atoms with E-state index in [1.54, 1.807) is 0 Å². The second kappa shape index (κ2) is 11.2. The lowest BCUT2D eigenvalue weighted by Crippen LogP contribution is -2.06. The average Bonchev–Trinajstić information content (AvgIpc) is 2.17. The van der Waals surface area contributed by atoms with Gasteiger partial charge in [-0.1, -0.05) is 12.2 Å². The summed E-state index contributed by atoms with van der Waals surface area (Å²) in [6, 6.07) is 0. The molecular formula is C11H16O5. The highest BCUT2D eigenvalue weighted by Gasteiger charge is 1.98. The maximum Gasteiger partial charge on any atom is 0.330 e. The number of hydrogen-bond acceptors (Lipinski definition) is 4. The Labute approximate surface area is 94.4 Å². The zero-order valence-corrected chi connectivity index (χ0v) is 9.43. The molecule has 0 bridgehead atoms. The first-order chi connectivity index (χ1) is 7.43. The molecule has 0 fully saturated rings. The molecule has 5 heteroatoms. The van der Waals surface area contributed by atoms with E-state index >= 15 is 0 Å². The predicted octanol–water partition coefficient (Wildman–Crippen LogP) is 1.34. The molecule has 0 amide bonds. The molecule has 90 valence electrons. The SMILES string of the molecule is C=CC(=O)OCCC(=O)O.CC(C)=CC=O. The smallest absolute Gasteiger partial charge is 0.330 e. The summed E-state index contributed by atoms with van der Waals surface area (Å²) in [5, 5.41) is 8.08. The van der Waals surface area contributed by atoms with E-state index in [0.29, 0.717) is 0 Å². The van der Waals surface area contributed by atoms with Gasteiger partial charge in [-0.15, -0.1) is 0 Å². The first-order valence-electron chi connectivity index (χ1n) is 4.53. The largest absolute Gasteiger partial charge is 0.481 e. The number of aliphatic carboxylic acids is 1. The quantitative estimate of drug-likeness (QED) is 0.436. The molecule has 0 radical (unpaired) electrons. The van der Waals surface area contributed by atoms with Crippen molar-refractivity contribution in [2.24, 2.45) is 0 Å². The number of allylic oxidation sites excluding steroid dienone is 2. The van der Waals surface area contributed by atoms with E-state index in [2.05, 4.69) is 11.3 Å². The summed E-state index contributed by atoms with van der Waals surface area (Å²) in [5.74, 6) is -1.59. The molecule has 0 heterocycles. The first kappa shape index (κ1) is 16.5. The molecular weight excluding hydrogens is 212 g/mol. The molecule has 5 nitrogen and oxygen atoms in total. The van der Waals surface area contributed by atoms with Crippen LogP contribution in [0.5, 0.6) is 0 Å². The van der Waals surface area contributed by atoms with Crippen molar-refractivity contribution in [3.05, 3.63) is 24.3 Å². The summed E-state index contributed by atoms with van der Waals surface area (Å²) in [4.78, 5) is 29.7. The number of carboxylic acids is 1. The van der Waals surface area contributed by atoms with Gasteiger partial charge in [-0.25, -0.2) is 4.79 Å². The minimum absolute atomic E-state index is 0.0970. The van der Waals surface area contributed by atoms with Crippen molar-refractivity contribution in [1.82, 2.24) is 0 Å². The molecule has 0 unspecified atom stereocenters. The van der Waals surface area contributed by atoms with E-state index in [4.69, 9.17) is 5.11 Å². The summed E-state index contributed by atoms with van der Waals surface area (Å²) in [6.45, 7) is 6.81. The highest BCUT2D eigenvalue weighted by Crippen LogP contribution is 1.84. The molecule has 0 aliphatic carbocycles. The molecule has 0 aromatic carbocycles. The standard InChI is InChI=1S/C6H8O4.C5H8O/c1-2-6(9)10-4-3-5(7)8;1-5(2)3-4-6/h2H,1,3-4H2,(H,7,8);3-4H,1-2H3. The minimum atomic E-state index is -0.989. The minimum Gasteiger partial charge on any atom is -0.481 e. The van der Waals surface area contributed by atoms with E-state index in [9.17, 15) is 14.4 Å². The Morgan fingerprint density at radius 2 is 1.94 bits per heavy atom. The van der Waals surface area contributed by atoms with Gasteiger partial charge in [0, 0.05) is 6.08 Å². The van der Waals surface area contributed by atoms with Crippen LogP contribution in [0.2, 0.25) is 0 Å². The average molecular weight is 228 g/mol.